The number of hydrogen-bond acceptors (Lipinski definition) is 7. The minimum atomic E-state index is -1.18. The fourth-order valence-electron chi connectivity index (χ4n) is 2.48. The van der Waals surface area contributed by atoms with Crippen molar-refractivity contribution in [2.75, 3.05) is 42.7 Å². The molecule has 0 saturated heterocycles. The van der Waals surface area contributed by atoms with Crippen molar-refractivity contribution in [2.45, 2.75) is 36.1 Å². The summed E-state index contributed by atoms with van der Waals surface area (Å²) in [6.07, 6.45) is -0.592. The third-order valence-electron chi connectivity index (χ3n) is 3.72. The Morgan fingerprint density at radius 3 is 1.14 bits per heavy atom. The highest BCUT2D eigenvalue weighted by Crippen LogP contribution is 2.27. The molecule has 0 spiro atoms. The first-order valence-electron chi connectivity index (χ1n) is 7.05. The van der Waals surface area contributed by atoms with Gasteiger partial charge in [0.15, 0.2) is 0 Å². The van der Waals surface area contributed by atoms with Crippen LogP contribution in [0.25, 0.3) is 0 Å². The van der Waals surface area contributed by atoms with Gasteiger partial charge in [0, 0.05) is 63.1 Å². The van der Waals surface area contributed by atoms with Crippen LogP contribution < -0.4 is 5.32 Å². The first-order valence-corrected chi connectivity index (χ1v) is 9.87. The standard InChI is InChI=1S/C12H31NO6Si2/c1-14-9(7-20)11(16-3,17-4)13-12(18-5,19-6)10(8-21)15-2/h9-10,13H,7-8H2,1-6,20-21H3. The van der Waals surface area contributed by atoms with Gasteiger partial charge in [0.05, 0.1) is 0 Å². The summed E-state index contributed by atoms with van der Waals surface area (Å²) in [5.74, 6) is -2.37. The van der Waals surface area contributed by atoms with Crippen LogP contribution in [-0.4, -0.2) is 87.2 Å². The molecule has 0 rings (SSSR count). The Bertz CT molecular complexity index is 242. The molecule has 128 valence electrons. The number of rotatable bonds is 12. The zero-order valence-electron chi connectivity index (χ0n) is 14.5. The van der Waals surface area contributed by atoms with Crippen LogP contribution in [0.4, 0.5) is 0 Å². The normalized spacial score (nSPS) is 16.3. The van der Waals surface area contributed by atoms with E-state index in [2.05, 4.69) is 5.32 Å². The van der Waals surface area contributed by atoms with E-state index in [4.69, 9.17) is 28.4 Å². The van der Waals surface area contributed by atoms with E-state index in [-0.39, 0.29) is 12.2 Å². The molecule has 0 aliphatic heterocycles. The summed E-state index contributed by atoms with van der Waals surface area (Å²) in [6, 6.07) is 1.63. The van der Waals surface area contributed by atoms with Crippen molar-refractivity contribution in [2.24, 2.45) is 0 Å². The molecule has 21 heavy (non-hydrogen) atoms. The Morgan fingerprint density at radius 1 is 0.714 bits per heavy atom. The molecule has 1 N–H and O–H groups in total. The van der Waals surface area contributed by atoms with E-state index >= 15 is 0 Å². The molecular weight excluding hydrogens is 310 g/mol. The largest absolute Gasteiger partial charge is 0.375 e. The van der Waals surface area contributed by atoms with Gasteiger partial charge >= 0.3 is 0 Å². The lowest BCUT2D eigenvalue weighted by atomic mass is 10.2. The van der Waals surface area contributed by atoms with Gasteiger partial charge in [-0.1, -0.05) is 0 Å². The lowest BCUT2D eigenvalue weighted by Gasteiger charge is -2.46. The highest BCUT2D eigenvalue weighted by atomic mass is 28.1. The second-order valence-corrected chi connectivity index (χ2v) is 6.17. The maximum absolute atomic E-state index is 5.59. The Hall–Kier alpha value is 0.154. The van der Waals surface area contributed by atoms with Gasteiger partial charge < -0.3 is 28.4 Å². The van der Waals surface area contributed by atoms with Crippen molar-refractivity contribution in [3.05, 3.63) is 0 Å². The van der Waals surface area contributed by atoms with Gasteiger partial charge in [-0.05, 0) is 12.1 Å². The van der Waals surface area contributed by atoms with Crippen LogP contribution in [0.3, 0.4) is 0 Å². The highest BCUT2D eigenvalue weighted by molar-refractivity contribution is 6.09. The molecule has 0 amide bonds. The molecule has 0 aliphatic rings. The molecule has 0 saturated carbocycles. The van der Waals surface area contributed by atoms with E-state index in [0.717, 1.165) is 32.6 Å². The number of nitrogens with one attached hydrogen (secondary N) is 1. The van der Waals surface area contributed by atoms with Gasteiger partial charge in [0.1, 0.15) is 12.2 Å². The molecule has 0 fully saturated rings. The number of methoxy groups -OCH3 is 6. The summed E-state index contributed by atoms with van der Waals surface area (Å²) in [4.78, 5) is 0. The predicted molar refractivity (Wildman–Crippen MR) is 87.7 cm³/mol. The number of ether oxygens (including phenoxy) is 6. The average molecular weight is 342 g/mol. The predicted octanol–water partition coefficient (Wildman–Crippen LogP) is -1.93. The molecule has 0 aliphatic carbocycles. The molecule has 0 aromatic heterocycles. The minimum absolute atomic E-state index is 0.296. The smallest absolute Gasteiger partial charge is 0.258 e. The van der Waals surface area contributed by atoms with Crippen LogP contribution in [0.2, 0.25) is 12.1 Å². The summed E-state index contributed by atoms with van der Waals surface area (Å²) < 4.78 is 33.4. The Labute approximate surface area is 133 Å². The molecule has 2 atom stereocenters. The molecule has 0 heterocycles. The van der Waals surface area contributed by atoms with Crippen molar-refractivity contribution in [3.8, 4) is 0 Å². The Balaban J connectivity index is 5.61. The quantitative estimate of drug-likeness (QED) is 0.327. The van der Waals surface area contributed by atoms with E-state index in [1.165, 1.54) is 0 Å². The number of hydrogen-bond donors (Lipinski definition) is 1. The van der Waals surface area contributed by atoms with E-state index < -0.39 is 11.8 Å². The summed E-state index contributed by atoms with van der Waals surface area (Å²) >= 11 is 0. The van der Waals surface area contributed by atoms with Gasteiger partial charge in [-0.2, -0.15) is 0 Å². The highest BCUT2D eigenvalue weighted by Gasteiger charge is 2.50. The van der Waals surface area contributed by atoms with Crippen molar-refractivity contribution < 1.29 is 28.4 Å². The molecule has 0 radical (unpaired) electrons. The van der Waals surface area contributed by atoms with Crippen LogP contribution >= 0.6 is 0 Å². The molecule has 0 bridgehead atoms. The van der Waals surface area contributed by atoms with Crippen molar-refractivity contribution in [3.63, 3.8) is 0 Å². The zero-order valence-corrected chi connectivity index (χ0v) is 18.5. The van der Waals surface area contributed by atoms with E-state index in [0.29, 0.717) is 0 Å². The fourth-order valence-corrected chi connectivity index (χ4v) is 4.22. The monoisotopic (exact) mass is 341 g/mol. The molecule has 0 aromatic rings. The van der Waals surface area contributed by atoms with Crippen LogP contribution in [0.1, 0.15) is 0 Å². The summed E-state index contributed by atoms with van der Waals surface area (Å²) in [5.41, 5.74) is 0. The molecule has 9 heteroatoms. The molecule has 7 nitrogen and oxygen atoms in total. The first-order chi connectivity index (χ1) is 9.99. The second-order valence-electron chi connectivity index (χ2n) is 4.54. The molecule has 2 unspecified atom stereocenters. The van der Waals surface area contributed by atoms with Gasteiger partial charge in [0.25, 0.3) is 11.8 Å². The average Bonchev–Trinajstić information content (AvgIpc) is 2.54. The molecule has 0 aromatic carbocycles. The zero-order chi connectivity index (χ0) is 16.5. The topological polar surface area (TPSA) is 67.4 Å². The van der Waals surface area contributed by atoms with E-state index in [9.17, 15) is 0 Å². The van der Waals surface area contributed by atoms with Crippen molar-refractivity contribution >= 4 is 20.5 Å². The lowest BCUT2D eigenvalue weighted by Crippen LogP contribution is -2.70. The second kappa shape index (κ2) is 10.0. The maximum atomic E-state index is 5.59. The van der Waals surface area contributed by atoms with E-state index in [1.807, 2.05) is 0 Å². The third-order valence-corrected chi connectivity index (χ3v) is 5.20. The van der Waals surface area contributed by atoms with Crippen molar-refractivity contribution in [1.82, 2.24) is 5.32 Å². The van der Waals surface area contributed by atoms with Crippen molar-refractivity contribution in [1.29, 1.82) is 0 Å². The summed E-state index contributed by atoms with van der Waals surface area (Å²) in [5, 5.41) is 3.19. The third kappa shape index (κ3) is 4.56. The molecular formula is C12H31NO6Si2. The fraction of sp³-hybridized carbons (Fsp3) is 1.00. The van der Waals surface area contributed by atoms with Gasteiger partial charge in [0.2, 0.25) is 0 Å². The van der Waals surface area contributed by atoms with E-state index in [1.54, 1.807) is 42.7 Å². The van der Waals surface area contributed by atoms with Crippen LogP contribution in [0.15, 0.2) is 0 Å². The Kier molecular flexibility index (Phi) is 10.1. The summed E-state index contributed by atoms with van der Waals surface area (Å²) in [7, 11) is 11.3. The minimum Gasteiger partial charge on any atom is -0.375 e. The lowest BCUT2D eigenvalue weighted by molar-refractivity contribution is -0.363. The summed E-state index contributed by atoms with van der Waals surface area (Å²) in [6.45, 7) is 0. The van der Waals surface area contributed by atoms with Crippen LogP contribution in [0.5, 0.6) is 0 Å². The SMILES string of the molecule is COC(C[SiH3])C(NC(OC)(OC)C(C[SiH3])OC)(OC)OC. The van der Waals surface area contributed by atoms with Crippen LogP contribution in [-0.2, 0) is 28.4 Å². The Morgan fingerprint density at radius 2 is 1.00 bits per heavy atom. The first kappa shape index (κ1) is 21.2. The maximum Gasteiger partial charge on any atom is 0.258 e. The van der Waals surface area contributed by atoms with Gasteiger partial charge in [-0.3, -0.25) is 0 Å². The van der Waals surface area contributed by atoms with Gasteiger partial charge in [-0.25, -0.2) is 5.32 Å². The van der Waals surface area contributed by atoms with Gasteiger partial charge in [-0.15, -0.1) is 0 Å². The van der Waals surface area contributed by atoms with Crippen LogP contribution in [0, 0.1) is 0 Å².